The van der Waals surface area contributed by atoms with Gasteiger partial charge < -0.3 is 14.2 Å². The molecule has 0 spiro atoms. The van der Waals surface area contributed by atoms with Crippen LogP contribution in [0.1, 0.15) is 40.0 Å². The molecule has 2 aromatic heterocycles. The number of amides is 1. The quantitative estimate of drug-likeness (QED) is 0.350. The van der Waals surface area contributed by atoms with Crippen molar-refractivity contribution in [2.75, 3.05) is 0 Å². The van der Waals surface area contributed by atoms with Crippen LogP contribution in [0.25, 0.3) is 27.8 Å². The SMILES string of the molecule is CC(C)(C)N(C(=O)Oc1ccc(-n2c(-c3ccccc3)cc3ccncc32)cc1)C1CCC1. The minimum absolute atomic E-state index is 0.268. The molecular weight excluding hydrogens is 410 g/mol. The summed E-state index contributed by atoms with van der Waals surface area (Å²) in [5.74, 6) is 0.549. The normalized spacial score (nSPS) is 14.2. The highest BCUT2D eigenvalue weighted by Crippen LogP contribution is 2.33. The van der Waals surface area contributed by atoms with Crippen LogP contribution < -0.4 is 4.74 Å². The Kier molecular flexibility index (Phi) is 5.41. The van der Waals surface area contributed by atoms with E-state index in [0.717, 1.165) is 40.7 Å². The van der Waals surface area contributed by atoms with Crippen molar-refractivity contribution >= 4 is 17.0 Å². The van der Waals surface area contributed by atoms with Gasteiger partial charge in [-0.1, -0.05) is 30.3 Å². The van der Waals surface area contributed by atoms with E-state index in [0.29, 0.717) is 5.75 Å². The van der Waals surface area contributed by atoms with Gasteiger partial charge in [-0.15, -0.1) is 0 Å². The minimum Gasteiger partial charge on any atom is -0.410 e. The van der Waals surface area contributed by atoms with E-state index in [-0.39, 0.29) is 17.7 Å². The highest BCUT2D eigenvalue weighted by atomic mass is 16.6. The van der Waals surface area contributed by atoms with Crippen molar-refractivity contribution in [1.29, 1.82) is 0 Å². The number of fused-ring (bicyclic) bond motifs is 1. The molecule has 0 aliphatic heterocycles. The Morgan fingerprint density at radius 3 is 2.39 bits per heavy atom. The van der Waals surface area contributed by atoms with Crippen LogP contribution in [0, 0.1) is 0 Å². The molecule has 2 aromatic carbocycles. The van der Waals surface area contributed by atoms with Gasteiger partial charge in [0.15, 0.2) is 0 Å². The van der Waals surface area contributed by atoms with Crippen molar-refractivity contribution in [3.8, 4) is 22.7 Å². The maximum atomic E-state index is 13.0. The predicted octanol–water partition coefficient (Wildman–Crippen LogP) is 6.84. The Balaban J connectivity index is 1.46. The summed E-state index contributed by atoms with van der Waals surface area (Å²) < 4.78 is 7.99. The fraction of sp³-hybridized carbons (Fsp3) is 0.286. The molecule has 1 saturated carbocycles. The van der Waals surface area contributed by atoms with Crippen molar-refractivity contribution < 1.29 is 9.53 Å². The fourth-order valence-corrected chi connectivity index (χ4v) is 4.58. The maximum Gasteiger partial charge on any atom is 0.415 e. The molecule has 0 unspecified atom stereocenters. The number of hydrogen-bond acceptors (Lipinski definition) is 3. The van der Waals surface area contributed by atoms with Crippen molar-refractivity contribution in [1.82, 2.24) is 14.5 Å². The van der Waals surface area contributed by atoms with Crippen LogP contribution in [-0.2, 0) is 0 Å². The second-order valence-electron chi connectivity index (χ2n) is 9.65. The third kappa shape index (κ3) is 4.11. The maximum absolute atomic E-state index is 13.0. The molecule has 2 heterocycles. The standard InChI is InChI=1S/C28H29N3O2/c1-28(2,3)31(23-10-7-11-23)27(32)33-24-14-12-22(13-15-24)30-25(20-8-5-4-6-9-20)18-21-16-17-29-19-26(21)30/h4-6,8-9,12-19,23H,7,10-11H2,1-3H3. The van der Waals surface area contributed by atoms with Gasteiger partial charge in [0.1, 0.15) is 5.75 Å². The Morgan fingerprint density at radius 2 is 1.76 bits per heavy atom. The van der Waals surface area contributed by atoms with Gasteiger partial charge in [-0.05, 0) is 82.0 Å². The van der Waals surface area contributed by atoms with Gasteiger partial charge in [0, 0.05) is 28.9 Å². The topological polar surface area (TPSA) is 47.4 Å². The first-order valence-electron chi connectivity index (χ1n) is 11.5. The molecule has 5 nitrogen and oxygen atoms in total. The number of pyridine rings is 1. The van der Waals surface area contributed by atoms with Crippen LogP contribution in [0.2, 0.25) is 0 Å². The van der Waals surface area contributed by atoms with E-state index in [9.17, 15) is 4.79 Å². The molecule has 0 N–H and O–H groups in total. The van der Waals surface area contributed by atoms with Crippen molar-refractivity contribution in [2.24, 2.45) is 0 Å². The lowest BCUT2D eigenvalue weighted by molar-refractivity contribution is 0.0469. The van der Waals surface area contributed by atoms with Gasteiger partial charge in [-0.3, -0.25) is 4.98 Å². The average molecular weight is 440 g/mol. The van der Waals surface area contributed by atoms with E-state index in [4.69, 9.17) is 4.74 Å². The van der Waals surface area contributed by atoms with Gasteiger partial charge in [-0.25, -0.2) is 4.79 Å². The Hall–Kier alpha value is -3.60. The van der Waals surface area contributed by atoms with Crippen molar-refractivity contribution in [3.05, 3.63) is 79.1 Å². The third-order valence-electron chi connectivity index (χ3n) is 6.34. The molecule has 33 heavy (non-hydrogen) atoms. The van der Waals surface area contributed by atoms with E-state index in [2.05, 4.69) is 48.5 Å². The van der Waals surface area contributed by atoms with Crippen LogP contribution in [-0.4, -0.2) is 32.1 Å². The van der Waals surface area contributed by atoms with Gasteiger partial charge in [0.25, 0.3) is 0 Å². The largest absolute Gasteiger partial charge is 0.415 e. The molecule has 0 saturated heterocycles. The Labute approximate surface area is 194 Å². The van der Waals surface area contributed by atoms with Gasteiger partial charge in [-0.2, -0.15) is 0 Å². The van der Waals surface area contributed by atoms with Crippen molar-refractivity contribution in [3.63, 3.8) is 0 Å². The highest BCUT2D eigenvalue weighted by molar-refractivity contribution is 5.88. The number of carbonyl (C=O) groups is 1. The fourth-order valence-electron chi connectivity index (χ4n) is 4.58. The lowest BCUT2D eigenvalue weighted by Crippen LogP contribution is -2.55. The van der Waals surface area contributed by atoms with E-state index in [1.165, 1.54) is 6.42 Å². The molecule has 1 aliphatic rings. The zero-order valence-electron chi connectivity index (χ0n) is 19.4. The van der Waals surface area contributed by atoms with Crippen molar-refractivity contribution in [2.45, 2.75) is 51.6 Å². The van der Waals surface area contributed by atoms with Crippen LogP contribution in [0.4, 0.5) is 4.79 Å². The first-order valence-corrected chi connectivity index (χ1v) is 11.5. The zero-order valence-corrected chi connectivity index (χ0v) is 19.4. The lowest BCUT2D eigenvalue weighted by Gasteiger charge is -2.44. The summed E-state index contributed by atoms with van der Waals surface area (Å²) in [6.07, 6.45) is 6.68. The number of nitrogens with zero attached hydrogens (tertiary/aromatic N) is 3. The number of rotatable bonds is 4. The second kappa shape index (κ2) is 8.39. The number of ether oxygens (including phenoxy) is 1. The van der Waals surface area contributed by atoms with Gasteiger partial charge in [0.2, 0.25) is 0 Å². The van der Waals surface area contributed by atoms with Crippen LogP contribution in [0.15, 0.2) is 79.1 Å². The second-order valence-corrected chi connectivity index (χ2v) is 9.65. The summed E-state index contributed by atoms with van der Waals surface area (Å²) in [5.41, 5.74) is 3.97. The van der Waals surface area contributed by atoms with Crippen LogP contribution in [0.5, 0.6) is 5.75 Å². The molecule has 0 radical (unpaired) electrons. The zero-order chi connectivity index (χ0) is 23.0. The molecule has 0 bridgehead atoms. The summed E-state index contributed by atoms with van der Waals surface area (Å²) in [7, 11) is 0. The molecule has 4 aromatic rings. The van der Waals surface area contributed by atoms with Gasteiger partial charge in [0.05, 0.1) is 17.4 Å². The summed E-state index contributed by atoms with van der Waals surface area (Å²) in [6.45, 7) is 6.18. The van der Waals surface area contributed by atoms with E-state index < -0.39 is 0 Å². The molecule has 168 valence electrons. The Morgan fingerprint density at radius 1 is 1.03 bits per heavy atom. The summed E-state index contributed by atoms with van der Waals surface area (Å²) >= 11 is 0. The summed E-state index contributed by atoms with van der Waals surface area (Å²) in [6, 6.07) is 22.5. The van der Waals surface area contributed by atoms with Crippen LogP contribution in [0.3, 0.4) is 0 Å². The number of aromatic nitrogens is 2. The summed E-state index contributed by atoms with van der Waals surface area (Å²) in [4.78, 5) is 19.2. The molecule has 5 heteroatoms. The predicted molar refractivity (Wildman–Crippen MR) is 132 cm³/mol. The van der Waals surface area contributed by atoms with Gasteiger partial charge >= 0.3 is 6.09 Å². The number of hydrogen-bond donors (Lipinski definition) is 0. The molecular formula is C28H29N3O2. The van der Waals surface area contributed by atoms with E-state index >= 15 is 0 Å². The first kappa shape index (κ1) is 21.3. The van der Waals surface area contributed by atoms with E-state index in [1.807, 2.05) is 65.8 Å². The van der Waals surface area contributed by atoms with Crippen LogP contribution >= 0.6 is 0 Å². The highest BCUT2D eigenvalue weighted by Gasteiger charge is 2.37. The minimum atomic E-state index is -0.277. The average Bonchev–Trinajstić information content (AvgIpc) is 3.16. The molecule has 1 amide bonds. The third-order valence-corrected chi connectivity index (χ3v) is 6.34. The molecule has 0 atom stereocenters. The lowest BCUT2D eigenvalue weighted by atomic mass is 9.88. The molecule has 5 rings (SSSR count). The monoisotopic (exact) mass is 439 g/mol. The molecule has 1 fully saturated rings. The smallest absolute Gasteiger partial charge is 0.410 e. The number of benzene rings is 2. The Bertz CT molecular complexity index is 1270. The van der Waals surface area contributed by atoms with E-state index in [1.54, 1.807) is 0 Å². The first-order chi connectivity index (χ1) is 15.9. The summed E-state index contributed by atoms with van der Waals surface area (Å²) in [5, 5.41) is 1.13. The number of carbonyl (C=O) groups excluding carboxylic acids is 1. The molecule has 1 aliphatic carbocycles.